The van der Waals surface area contributed by atoms with Gasteiger partial charge in [0.25, 0.3) is 0 Å². The van der Waals surface area contributed by atoms with Gasteiger partial charge in [-0.2, -0.15) is 0 Å². The fourth-order valence-electron chi connectivity index (χ4n) is 2.82. The summed E-state index contributed by atoms with van der Waals surface area (Å²) < 4.78 is 4.93. The number of carboxylic acid groups (broad SMARTS) is 1. The van der Waals surface area contributed by atoms with E-state index in [0.717, 1.165) is 12.3 Å². The number of carbonyl (C=O) groups excluding carboxylic acids is 1. The number of carbonyl (C=O) groups is 2. The molecule has 136 valence electrons. The van der Waals surface area contributed by atoms with Gasteiger partial charge in [0.1, 0.15) is 6.42 Å². The van der Waals surface area contributed by atoms with Crippen LogP contribution in [0.5, 0.6) is 0 Å². The molecule has 1 fully saturated rings. The molecule has 0 aromatic carbocycles. The zero-order chi connectivity index (χ0) is 17.5. The molecule has 0 heterocycles. The van der Waals surface area contributed by atoms with Crippen LogP contribution < -0.4 is 0 Å². The molecule has 0 aromatic heterocycles. The third-order valence-electron chi connectivity index (χ3n) is 4.52. The molecule has 0 aromatic rings. The molecule has 0 aliphatic heterocycles. The second kappa shape index (κ2) is 14.5. The predicted octanol–water partition coefficient (Wildman–Crippen LogP) is 5.20. The highest BCUT2D eigenvalue weighted by molar-refractivity contribution is 5.90. The summed E-state index contributed by atoms with van der Waals surface area (Å²) in [6.07, 6.45) is 12.0. The molecule has 1 N–H and O–H groups in total. The molecule has 0 radical (unpaired) electrons. The summed E-state index contributed by atoms with van der Waals surface area (Å²) in [6, 6.07) is 0. The van der Waals surface area contributed by atoms with Crippen molar-refractivity contribution in [1.29, 1.82) is 0 Å². The first-order chi connectivity index (χ1) is 11.0. The normalized spacial score (nSPS) is 20.3. The van der Waals surface area contributed by atoms with Crippen LogP contribution in [0.1, 0.15) is 91.4 Å². The molecular weight excluding hydrogens is 292 g/mol. The lowest BCUT2D eigenvalue weighted by atomic mass is 9.79. The van der Waals surface area contributed by atoms with Crippen LogP contribution in [0.2, 0.25) is 0 Å². The zero-order valence-corrected chi connectivity index (χ0v) is 15.3. The molecule has 4 heteroatoms. The van der Waals surface area contributed by atoms with Crippen molar-refractivity contribution in [3.63, 3.8) is 0 Å². The van der Waals surface area contributed by atoms with E-state index in [1.165, 1.54) is 57.8 Å². The summed E-state index contributed by atoms with van der Waals surface area (Å²) in [5.74, 6) is -0.202. The van der Waals surface area contributed by atoms with Crippen LogP contribution in [0.3, 0.4) is 0 Å². The standard InChI is InChI=1S/C15H26O4.C4H10/c1-2-3-4-12-5-7-13(8-6-12)9-10-19-15(18)11-14(16)17;1-3-4-2/h12-13H,2-11H2,1H3,(H,16,17);3-4H2,1-2H3. The Morgan fingerprint density at radius 1 is 0.913 bits per heavy atom. The third-order valence-corrected chi connectivity index (χ3v) is 4.52. The van der Waals surface area contributed by atoms with Gasteiger partial charge in [0.15, 0.2) is 0 Å². The quantitative estimate of drug-likeness (QED) is 0.467. The second-order valence-corrected chi connectivity index (χ2v) is 6.61. The molecule has 23 heavy (non-hydrogen) atoms. The van der Waals surface area contributed by atoms with E-state index < -0.39 is 18.4 Å². The fraction of sp³-hybridized carbons (Fsp3) is 0.895. The maximum Gasteiger partial charge on any atom is 0.317 e. The summed E-state index contributed by atoms with van der Waals surface area (Å²) in [5, 5.41) is 8.43. The molecule has 0 spiro atoms. The Balaban J connectivity index is 0.00000108. The summed E-state index contributed by atoms with van der Waals surface area (Å²) in [5.41, 5.74) is 0. The van der Waals surface area contributed by atoms with Crippen molar-refractivity contribution in [2.24, 2.45) is 11.8 Å². The smallest absolute Gasteiger partial charge is 0.317 e. The summed E-state index contributed by atoms with van der Waals surface area (Å²) in [7, 11) is 0. The van der Waals surface area contributed by atoms with Gasteiger partial charge in [-0.25, -0.2) is 0 Å². The van der Waals surface area contributed by atoms with E-state index in [0.29, 0.717) is 12.5 Å². The van der Waals surface area contributed by atoms with Crippen LogP contribution >= 0.6 is 0 Å². The van der Waals surface area contributed by atoms with Crippen molar-refractivity contribution >= 4 is 11.9 Å². The predicted molar refractivity (Wildman–Crippen MR) is 93.4 cm³/mol. The van der Waals surface area contributed by atoms with Crippen molar-refractivity contribution < 1.29 is 19.4 Å². The van der Waals surface area contributed by atoms with E-state index in [4.69, 9.17) is 9.84 Å². The van der Waals surface area contributed by atoms with Crippen LogP contribution in [-0.4, -0.2) is 23.7 Å². The van der Waals surface area contributed by atoms with Gasteiger partial charge in [-0.05, 0) is 18.3 Å². The number of esters is 1. The van der Waals surface area contributed by atoms with Crippen LogP contribution in [0.25, 0.3) is 0 Å². The largest absolute Gasteiger partial charge is 0.481 e. The van der Waals surface area contributed by atoms with Gasteiger partial charge in [0, 0.05) is 0 Å². The van der Waals surface area contributed by atoms with Crippen molar-refractivity contribution in [2.45, 2.75) is 91.4 Å². The summed E-state index contributed by atoms with van der Waals surface area (Å²) in [4.78, 5) is 21.4. The van der Waals surface area contributed by atoms with Gasteiger partial charge in [0.05, 0.1) is 6.61 Å². The molecule has 1 rings (SSSR count). The number of carboxylic acids is 1. The SMILES string of the molecule is CCCC.CCCCC1CCC(CCOC(=O)CC(=O)O)CC1. The zero-order valence-electron chi connectivity index (χ0n) is 15.3. The number of ether oxygens (including phenoxy) is 1. The number of unbranched alkanes of at least 4 members (excludes halogenated alkanes) is 2. The fourth-order valence-corrected chi connectivity index (χ4v) is 2.82. The van der Waals surface area contributed by atoms with Crippen molar-refractivity contribution in [2.75, 3.05) is 6.61 Å². The van der Waals surface area contributed by atoms with Crippen molar-refractivity contribution in [3.05, 3.63) is 0 Å². The van der Waals surface area contributed by atoms with Gasteiger partial charge < -0.3 is 9.84 Å². The molecule has 0 atom stereocenters. The molecule has 4 nitrogen and oxygen atoms in total. The first-order valence-corrected chi connectivity index (χ1v) is 9.40. The molecule has 1 aliphatic rings. The van der Waals surface area contributed by atoms with E-state index in [1.54, 1.807) is 0 Å². The highest BCUT2D eigenvalue weighted by Crippen LogP contribution is 2.33. The van der Waals surface area contributed by atoms with E-state index in [-0.39, 0.29) is 0 Å². The molecule has 1 saturated carbocycles. The highest BCUT2D eigenvalue weighted by Gasteiger charge is 2.21. The van der Waals surface area contributed by atoms with Crippen LogP contribution in [-0.2, 0) is 14.3 Å². The van der Waals surface area contributed by atoms with Crippen molar-refractivity contribution in [1.82, 2.24) is 0 Å². The van der Waals surface area contributed by atoms with Gasteiger partial charge in [0.2, 0.25) is 0 Å². The Morgan fingerprint density at radius 3 is 1.87 bits per heavy atom. The monoisotopic (exact) mass is 328 g/mol. The molecule has 0 saturated heterocycles. The molecule has 0 unspecified atom stereocenters. The highest BCUT2D eigenvalue weighted by atomic mass is 16.5. The Morgan fingerprint density at radius 2 is 1.43 bits per heavy atom. The van der Waals surface area contributed by atoms with E-state index in [9.17, 15) is 9.59 Å². The lowest BCUT2D eigenvalue weighted by Crippen LogP contribution is -2.18. The number of rotatable bonds is 9. The van der Waals surface area contributed by atoms with Crippen LogP contribution in [0.4, 0.5) is 0 Å². The topological polar surface area (TPSA) is 63.6 Å². The summed E-state index contributed by atoms with van der Waals surface area (Å²) >= 11 is 0. The number of hydrogen-bond donors (Lipinski definition) is 1. The lowest BCUT2D eigenvalue weighted by Gasteiger charge is -2.28. The van der Waals surface area contributed by atoms with Gasteiger partial charge in [-0.3, -0.25) is 9.59 Å². The Hall–Kier alpha value is -1.06. The lowest BCUT2D eigenvalue weighted by molar-refractivity contribution is -0.151. The Bertz CT molecular complexity index is 304. The first kappa shape index (κ1) is 21.9. The summed E-state index contributed by atoms with van der Waals surface area (Å²) in [6.45, 7) is 6.97. The van der Waals surface area contributed by atoms with Gasteiger partial charge in [-0.15, -0.1) is 0 Å². The minimum absolute atomic E-state index is 0.371. The van der Waals surface area contributed by atoms with E-state index in [2.05, 4.69) is 20.8 Å². The maximum atomic E-state index is 11.1. The molecule has 0 amide bonds. The van der Waals surface area contributed by atoms with Crippen molar-refractivity contribution in [3.8, 4) is 0 Å². The molecule has 1 aliphatic carbocycles. The molecular formula is C19H36O4. The average molecular weight is 328 g/mol. The van der Waals surface area contributed by atoms with Gasteiger partial charge in [-0.1, -0.05) is 78.6 Å². The average Bonchev–Trinajstić information content (AvgIpc) is 2.53. The number of hydrogen-bond acceptors (Lipinski definition) is 3. The first-order valence-electron chi connectivity index (χ1n) is 9.40. The maximum absolute atomic E-state index is 11.1. The Labute approximate surface area is 142 Å². The Kier molecular flexibility index (Phi) is 13.9. The van der Waals surface area contributed by atoms with Crippen LogP contribution in [0, 0.1) is 11.8 Å². The van der Waals surface area contributed by atoms with E-state index in [1.807, 2.05) is 0 Å². The van der Waals surface area contributed by atoms with Crippen LogP contribution in [0.15, 0.2) is 0 Å². The number of aliphatic carboxylic acids is 1. The minimum atomic E-state index is -1.12. The third kappa shape index (κ3) is 13.1. The minimum Gasteiger partial charge on any atom is -0.481 e. The second-order valence-electron chi connectivity index (χ2n) is 6.61. The molecule has 0 bridgehead atoms. The van der Waals surface area contributed by atoms with Gasteiger partial charge >= 0.3 is 11.9 Å². The van der Waals surface area contributed by atoms with E-state index >= 15 is 0 Å².